The SMILES string of the molecule is COC(=O)c1ccnc(Oc2ccc(-c3nc4ccccc4c(=O)[nH]3)cc2)c1. The predicted octanol–water partition coefficient (Wildman–Crippen LogP) is 3.56. The zero-order valence-corrected chi connectivity index (χ0v) is 14.9. The third-order valence-corrected chi connectivity index (χ3v) is 4.12. The first kappa shape index (κ1) is 17.4. The highest BCUT2D eigenvalue weighted by Crippen LogP contribution is 2.24. The first-order valence-corrected chi connectivity index (χ1v) is 8.46. The van der Waals surface area contributed by atoms with Crippen molar-refractivity contribution in [3.05, 3.63) is 82.8 Å². The van der Waals surface area contributed by atoms with Crippen molar-refractivity contribution in [1.29, 1.82) is 0 Å². The number of carbonyl (C=O) groups is 1. The van der Waals surface area contributed by atoms with Crippen LogP contribution in [0.5, 0.6) is 11.6 Å². The van der Waals surface area contributed by atoms with Crippen LogP contribution in [0.25, 0.3) is 22.3 Å². The molecule has 28 heavy (non-hydrogen) atoms. The van der Waals surface area contributed by atoms with E-state index < -0.39 is 5.97 Å². The minimum atomic E-state index is -0.464. The fraction of sp³-hybridized carbons (Fsp3) is 0.0476. The molecule has 0 fully saturated rings. The number of nitrogens with zero attached hydrogens (tertiary/aromatic N) is 2. The van der Waals surface area contributed by atoms with Gasteiger partial charge in [0, 0.05) is 17.8 Å². The van der Waals surface area contributed by atoms with Gasteiger partial charge in [-0.15, -0.1) is 0 Å². The van der Waals surface area contributed by atoms with Crippen molar-refractivity contribution in [1.82, 2.24) is 15.0 Å². The van der Waals surface area contributed by atoms with Gasteiger partial charge in [-0.2, -0.15) is 0 Å². The minimum absolute atomic E-state index is 0.190. The van der Waals surface area contributed by atoms with Gasteiger partial charge in [-0.25, -0.2) is 14.8 Å². The Balaban J connectivity index is 1.60. The Labute approximate surface area is 159 Å². The number of hydrogen-bond donors (Lipinski definition) is 1. The van der Waals surface area contributed by atoms with E-state index in [0.29, 0.717) is 28.0 Å². The summed E-state index contributed by atoms with van der Waals surface area (Å²) in [5.41, 5.74) is 1.53. The van der Waals surface area contributed by atoms with E-state index >= 15 is 0 Å². The smallest absolute Gasteiger partial charge is 0.338 e. The summed E-state index contributed by atoms with van der Waals surface area (Å²) in [6.45, 7) is 0. The average Bonchev–Trinajstić information content (AvgIpc) is 2.74. The van der Waals surface area contributed by atoms with Crippen LogP contribution in [0.15, 0.2) is 71.7 Å². The van der Waals surface area contributed by atoms with Crippen molar-refractivity contribution in [3.8, 4) is 23.0 Å². The molecule has 0 saturated heterocycles. The van der Waals surface area contributed by atoms with Crippen LogP contribution in [-0.2, 0) is 4.74 Å². The van der Waals surface area contributed by atoms with E-state index in [9.17, 15) is 9.59 Å². The van der Waals surface area contributed by atoms with Crippen LogP contribution in [0.2, 0.25) is 0 Å². The molecule has 0 amide bonds. The van der Waals surface area contributed by atoms with E-state index in [0.717, 1.165) is 5.56 Å². The number of pyridine rings is 1. The Kier molecular flexibility index (Phi) is 4.55. The van der Waals surface area contributed by atoms with Gasteiger partial charge in [-0.1, -0.05) is 12.1 Å². The second kappa shape index (κ2) is 7.32. The quantitative estimate of drug-likeness (QED) is 0.550. The number of benzene rings is 2. The number of ether oxygens (including phenoxy) is 2. The Bertz CT molecular complexity index is 1220. The largest absolute Gasteiger partial charge is 0.465 e. The van der Waals surface area contributed by atoms with Crippen molar-refractivity contribution in [2.24, 2.45) is 0 Å². The molecule has 0 saturated carbocycles. The van der Waals surface area contributed by atoms with Crippen molar-refractivity contribution in [2.75, 3.05) is 7.11 Å². The maximum atomic E-state index is 12.2. The number of hydrogen-bond acceptors (Lipinski definition) is 6. The fourth-order valence-electron chi connectivity index (χ4n) is 2.73. The van der Waals surface area contributed by atoms with Crippen LogP contribution in [0.1, 0.15) is 10.4 Å². The summed E-state index contributed by atoms with van der Waals surface area (Å²) in [6.07, 6.45) is 1.47. The van der Waals surface area contributed by atoms with Gasteiger partial charge in [-0.3, -0.25) is 4.79 Å². The molecule has 0 atom stereocenters. The molecule has 4 aromatic rings. The molecule has 0 aliphatic carbocycles. The molecule has 0 unspecified atom stereocenters. The van der Waals surface area contributed by atoms with E-state index in [2.05, 4.69) is 19.7 Å². The maximum Gasteiger partial charge on any atom is 0.338 e. The monoisotopic (exact) mass is 373 g/mol. The summed E-state index contributed by atoms with van der Waals surface area (Å²) in [4.78, 5) is 35.2. The molecule has 0 aliphatic heterocycles. The molecule has 7 nitrogen and oxygen atoms in total. The summed E-state index contributed by atoms with van der Waals surface area (Å²) >= 11 is 0. The molecule has 4 rings (SSSR count). The molecule has 2 aromatic carbocycles. The maximum absolute atomic E-state index is 12.2. The lowest BCUT2D eigenvalue weighted by Crippen LogP contribution is -2.09. The first-order valence-electron chi connectivity index (χ1n) is 8.46. The minimum Gasteiger partial charge on any atom is -0.465 e. The highest BCUT2D eigenvalue weighted by Gasteiger charge is 2.09. The van der Waals surface area contributed by atoms with Gasteiger partial charge in [-0.05, 0) is 42.5 Å². The van der Waals surface area contributed by atoms with E-state index in [1.165, 1.54) is 19.4 Å². The molecular formula is C21H15N3O4. The van der Waals surface area contributed by atoms with Crippen LogP contribution in [0, 0.1) is 0 Å². The summed E-state index contributed by atoms with van der Waals surface area (Å²) in [5.74, 6) is 0.810. The van der Waals surface area contributed by atoms with Crippen molar-refractivity contribution >= 4 is 16.9 Å². The summed E-state index contributed by atoms with van der Waals surface area (Å²) in [5, 5.41) is 0.544. The number of methoxy groups -OCH3 is 1. The van der Waals surface area contributed by atoms with Gasteiger partial charge in [0.1, 0.15) is 11.6 Å². The number of fused-ring (bicyclic) bond motifs is 1. The van der Waals surface area contributed by atoms with Crippen LogP contribution in [0.3, 0.4) is 0 Å². The van der Waals surface area contributed by atoms with E-state index in [1.807, 2.05) is 6.07 Å². The lowest BCUT2D eigenvalue weighted by atomic mass is 10.2. The molecule has 2 heterocycles. The number of rotatable bonds is 4. The van der Waals surface area contributed by atoms with Gasteiger partial charge < -0.3 is 14.5 Å². The van der Waals surface area contributed by atoms with Gasteiger partial charge in [0.2, 0.25) is 5.88 Å². The molecule has 0 spiro atoms. The van der Waals surface area contributed by atoms with E-state index in [1.54, 1.807) is 48.5 Å². The van der Waals surface area contributed by atoms with Crippen LogP contribution in [-0.4, -0.2) is 28.0 Å². The number of H-pyrrole nitrogens is 1. The van der Waals surface area contributed by atoms with Gasteiger partial charge in [0.05, 0.1) is 23.6 Å². The highest BCUT2D eigenvalue weighted by atomic mass is 16.5. The Morgan fingerprint density at radius 2 is 1.82 bits per heavy atom. The molecular weight excluding hydrogens is 358 g/mol. The molecule has 0 radical (unpaired) electrons. The zero-order valence-electron chi connectivity index (χ0n) is 14.9. The van der Waals surface area contributed by atoms with Crippen molar-refractivity contribution in [3.63, 3.8) is 0 Å². The Morgan fingerprint density at radius 1 is 1.04 bits per heavy atom. The highest BCUT2D eigenvalue weighted by molar-refractivity contribution is 5.89. The second-order valence-corrected chi connectivity index (χ2v) is 5.93. The van der Waals surface area contributed by atoms with Crippen molar-refractivity contribution in [2.45, 2.75) is 0 Å². The summed E-state index contributed by atoms with van der Waals surface area (Å²) < 4.78 is 10.4. The molecule has 138 valence electrons. The predicted molar refractivity (Wildman–Crippen MR) is 103 cm³/mol. The molecule has 2 aromatic heterocycles. The number of para-hydroxylation sites is 1. The van der Waals surface area contributed by atoms with Gasteiger partial charge in [0.15, 0.2) is 0 Å². The molecule has 0 bridgehead atoms. The van der Waals surface area contributed by atoms with Crippen LogP contribution < -0.4 is 10.3 Å². The average molecular weight is 373 g/mol. The Morgan fingerprint density at radius 3 is 2.61 bits per heavy atom. The normalized spacial score (nSPS) is 10.6. The third kappa shape index (κ3) is 3.45. The van der Waals surface area contributed by atoms with Crippen LogP contribution >= 0.6 is 0 Å². The Hall–Kier alpha value is -4.00. The lowest BCUT2D eigenvalue weighted by Gasteiger charge is -2.07. The first-order chi connectivity index (χ1) is 13.6. The van der Waals surface area contributed by atoms with Gasteiger partial charge >= 0.3 is 5.97 Å². The van der Waals surface area contributed by atoms with E-state index in [4.69, 9.17) is 4.74 Å². The molecule has 1 N–H and O–H groups in total. The van der Waals surface area contributed by atoms with Gasteiger partial charge in [0.25, 0.3) is 5.56 Å². The van der Waals surface area contributed by atoms with Crippen LogP contribution in [0.4, 0.5) is 0 Å². The summed E-state index contributed by atoms with van der Waals surface area (Å²) in [7, 11) is 1.31. The standard InChI is InChI=1S/C21H15N3O4/c1-27-21(26)14-10-11-22-18(12-14)28-15-8-6-13(7-9-15)19-23-17-5-3-2-4-16(17)20(25)24-19/h2-12H,1H3,(H,23,24,25). The zero-order chi connectivity index (χ0) is 19.5. The summed E-state index contributed by atoms with van der Waals surface area (Å²) in [6, 6.07) is 17.3. The number of esters is 1. The molecule has 0 aliphatic rings. The second-order valence-electron chi connectivity index (χ2n) is 5.93. The number of aromatic nitrogens is 3. The lowest BCUT2D eigenvalue weighted by molar-refractivity contribution is 0.0600. The number of aromatic amines is 1. The third-order valence-electron chi connectivity index (χ3n) is 4.12. The van der Waals surface area contributed by atoms with E-state index in [-0.39, 0.29) is 11.4 Å². The number of carbonyl (C=O) groups excluding carboxylic acids is 1. The topological polar surface area (TPSA) is 94.2 Å². The van der Waals surface area contributed by atoms with Crippen molar-refractivity contribution < 1.29 is 14.3 Å². The molecule has 7 heteroatoms. The fourth-order valence-corrected chi connectivity index (χ4v) is 2.73. The number of nitrogens with one attached hydrogen (secondary N) is 1.